The molecule has 0 fully saturated rings. The van der Waals surface area contributed by atoms with Crippen molar-refractivity contribution in [1.82, 2.24) is 4.98 Å². The number of pyridine rings is 1. The van der Waals surface area contributed by atoms with Crippen LogP contribution in [0.4, 0.5) is 17.2 Å². The summed E-state index contributed by atoms with van der Waals surface area (Å²) in [6, 6.07) is 13.6. The van der Waals surface area contributed by atoms with E-state index in [1.54, 1.807) is 0 Å². The molecule has 0 atom stereocenters. The predicted molar refractivity (Wildman–Crippen MR) is 90.4 cm³/mol. The number of nitrogens with one attached hydrogen (secondary N) is 1. The molecule has 0 bridgehead atoms. The van der Waals surface area contributed by atoms with Gasteiger partial charge in [-0.05, 0) is 43.7 Å². The molecule has 3 N–H and O–H groups in total. The van der Waals surface area contributed by atoms with Crippen LogP contribution in [0.5, 0.6) is 0 Å². The largest absolute Gasteiger partial charge is 0.398 e. The first-order valence-corrected chi connectivity index (χ1v) is 7.12. The SMILES string of the molecule is Cc1cc2c(N)cccc2c(Nc2cccc(Cl)c2C)n1. The average molecular weight is 298 g/mol. The Hall–Kier alpha value is -2.26. The second kappa shape index (κ2) is 5.26. The monoisotopic (exact) mass is 297 g/mol. The molecule has 0 radical (unpaired) electrons. The van der Waals surface area contributed by atoms with Crippen LogP contribution in [0.15, 0.2) is 42.5 Å². The summed E-state index contributed by atoms with van der Waals surface area (Å²) in [5.41, 5.74) is 9.69. The van der Waals surface area contributed by atoms with Crippen LogP contribution < -0.4 is 11.1 Å². The molecular weight excluding hydrogens is 282 g/mol. The number of rotatable bonds is 2. The maximum atomic E-state index is 6.17. The first kappa shape index (κ1) is 13.7. The minimum Gasteiger partial charge on any atom is -0.398 e. The molecule has 0 aliphatic carbocycles. The molecule has 0 amide bonds. The van der Waals surface area contributed by atoms with Crippen molar-refractivity contribution in [2.75, 3.05) is 11.1 Å². The molecule has 4 heteroatoms. The van der Waals surface area contributed by atoms with E-state index in [4.69, 9.17) is 17.3 Å². The normalized spacial score (nSPS) is 10.8. The molecule has 3 aromatic rings. The summed E-state index contributed by atoms with van der Waals surface area (Å²) in [5, 5.41) is 6.11. The lowest BCUT2D eigenvalue weighted by Crippen LogP contribution is -1.99. The topological polar surface area (TPSA) is 50.9 Å². The van der Waals surface area contributed by atoms with Crippen molar-refractivity contribution in [2.24, 2.45) is 0 Å². The number of nitrogens with zero attached hydrogens (tertiary/aromatic N) is 1. The Morgan fingerprint density at radius 1 is 1.05 bits per heavy atom. The number of halogens is 1. The van der Waals surface area contributed by atoms with E-state index < -0.39 is 0 Å². The summed E-state index contributed by atoms with van der Waals surface area (Å²) < 4.78 is 0. The summed E-state index contributed by atoms with van der Waals surface area (Å²) in [5.74, 6) is 0.794. The second-order valence-electron chi connectivity index (χ2n) is 5.09. The van der Waals surface area contributed by atoms with Gasteiger partial charge in [-0.3, -0.25) is 0 Å². The molecule has 0 aliphatic rings. The molecule has 2 aromatic carbocycles. The highest BCUT2D eigenvalue weighted by Gasteiger charge is 2.09. The molecule has 0 saturated heterocycles. The molecule has 3 rings (SSSR count). The Morgan fingerprint density at radius 3 is 2.62 bits per heavy atom. The van der Waals surface area contributed by atoms with E-state index in [9.17, 15) is 0 Å². The van der Waals surface area contributed by atoms with Crippen LogP contribution in [0.1, 0.15) is 11.3 Å². The van der Waals surface area contributed by atoms with Gasteiger partial charge in [-0.15, -0.1) is 0 Å². The van der Waals surface area contributed by atoms with Gasteiger partial charge in [-0.1, -0.05) is 29.8 Å². The van der Waals surface area contributed by atoms with Gasteiger partial charge in [0.15, 0.2) is 0 Å². The van der Waals surface area contributed by atoms with Crippen molar-refractivity contribution in [3.05, 3.63) is 58.7 Å². The second-order valence-corrected chi connectivity index (χ2v) is 5.50. The van der Waals surface area contributed by atoms with Crippen LogP contribution in [0.3, 0.4) is 0 Å². The van der Waals surface area contributed by atoms with Crippen molar-refractivity contribution in [2.45, 2.75) is 13.8 Å². The molecule has 1 aromatic heterocycles. The van der Waals surface area contributed by atoms with E-state index in [0.29, 0.717) is 0 Å². The minimum atomic E-state index is 0.733. The summed E-state index contributed by atoms with van der Waals surface area (Å²) in [6.45, 7) is 3.94. The molecule has 0 saturated carbocycles. The molecule has 1 heterocycles. The Balaban J connectivity index is 2.17. The summed E-state index contributed by atoms with van der Waals surface area (Å²) in [7, 11) is 0. The van der Waals surface area contributed by atoms with Gasteiger partial charge in [0.2, 0.25) is 0 Å². The number of nitrogens with two attached hydrogens (primary N) is 1. The quantitative estimate of drug-likeness (QED) is 0.666. The highest BCUT2D eigenvalue weighted by atomic mass is 35.5. The fourth-order valence-corrected chi connectivity index (χ4v) is 2.57. The molecule has 0 spiro atoms. The molecule has 0 unspecified atom stereocenters. The summed E-state index contributed by atoms with van der Waals surface area (Å²) >= 11 is 6.17. The lowest BCUT2D eigenvalue weighted by Gasteiger charge is -2.13. The van der Waals surface area contributed by atoms with Crippen molar-refractivity contribution in [1.29, 1.82) is 0 Å². The number of nitrogen functional groups attached to an aromatic ring is 1. The zero-order valence-corrected chi connectivity index (χ0v) is 12.7. The van der Waals surface area contributed by atoms with Gasteiger partial charge in [0.1, 0.15) is 5.82 Å². The average Bonchev–Trinajstić information content (AvgIpc) is 2.45. The van der Waals surface area contributed by atoms with Crippen LogP contribution in [-0.2, 0) is 0 Å². The first-order chi connectivity index (χ1) is 10.1. The number of hydrogen-bond donors (Lipinski definition) is 2. The fraction of sp³-hybridized carbons (Fsp3) is 0.118. The van der Waals surface area contributed by atoms with Crippen molar-refractivity contribution >= 4 is 39.6 Å². The number of aryl methyl sites for hydroxylation is 1. The Kier molecular flexibility index (Phi) is 3.43. The van der Waals surface area contributed by atoms with Crippen molar-refractivity contribution in [3.63, 3.8) is 0 Å². The minimum absolute atomic E-state index is 0.733. The number of fused-ring (bicyclic) bond motifs is 1. The highest BCUT2D eigenvalue weighted by molar-refractivity contribution is 6.31. The standard InChI is InChI=1S/C17H16ClN3/c1-10-9-13-12(5-3-7-15(13)19)17(20-10)21-16-8-4-6-14(18)11(16)2/h3-9H,19H2,1-2H3,(H,20,21). The van der Waals surface area contributed by atoms with Crippen LogP contribution in [0.25, 0.3) is 10.8 Å². The highest BCUT2D eigenvalue weighted by Crippen LogP contribution is 2.31. The lowest BCUT2D eigenvalue weighted by molar-refractivity contribution is 1.22. The van der Waals surface area contributed by atoms with E-state index >= 15 is 0 Å². The zero-order valence-electron chi connectivity index (χ0n) is 11.9. The molecule has 106 valence electrons. The fourth-order valence-electron chi connectivity index (χ4n) is 2.39. The molecule has 3 nitrogen and oxygen atoms in total. The summed E-state index contributed by atoms with van der Waals surface area (Å²) in [4.78, 5) is 4.60. The predicted octanol–water partition coefficient (Wildman–Crippen LogP) is 4.83. The maximum absolute atomic E-state index is 6.17. The van der Waals surface area contributed by atoms with Gasteiger partial charge in [0.05, 0.1) is 0 Å². The number of benzene rings is 2. The third-order valence-electron chi connectivity index (χ3n) is 3.56. The van der Waals surface area contributed by atoms with Gasteiger partial charge in [-0.25, -0.2) is 4.98 Å². The number of hydrogen-bond acceptors (Lipinski definition) is 3. The van der Waals surface area contributed by atoms with Crippen LogP contribution >= 0.6 is 11.6 Å². The summed E-state index contributed by atoms with van der Waals surface area (Å²) in [6.07, 6.45) is 0. The lowest BCUT2D eigenvalue weighted by atomic mass is 10.1. The Morgan fingerprint density at radius 2 is 1.81 bits per heavy atom. The van der Waals surface area contributed by atoms with E-state index in [1.165, 1.54) is 0 Å². The zero-order chi connectivity index (χ0) is 15.0. The van der Waals surface area contributed by atoms with E-state index in [-0.39, 0.29) is 0 Å². The van der Waals surface area contributed by atoms with Gasteiger partial charge in [0.25, 0.3) is 0 Å². The third-order valence-corrected chi connectivity index (χ3v) is 3.97. The van der Waals surface area contributed by atoms with Crippen LogP contribution in [-0.4, -0.2) is 4.98 Å². The molecule has 0 aliphatic heterocycles. The Labute approximate surface area is 128 Å². The van der Waals surface area contributed by atoms with Gasteiger partial charge in [-0.2, -0.15) is 0 Å². The third kappa shape index (κ3) is 2.52. The van der Waals surface area contributed by atoms with Crippen LogP contribution in [0, 0.1) is 13.8 Å². The maximum Gasteiger partial charge on any atom is 0.138 e. The van der Waals surface area contributed by atoms with Gasteiger partial charge < -0.3 is 11.1 Å². The Bertz CT molecular complexity index is 828. The van der Waals surface area contributed by atoms with Crippen molar-refractivity contribution < 1.29 is 0 Å². The molecule has 21 heavy (non-hydrogen) atoms. The van der Waals surface area contributed by atoms with Gasteiger partial charge >= 0.3 is 0 Å². The van der Waals surface area contributed by atoms with Gasteiger partial charge in [0, 0.05) is 32.9 Å². The smallest absolute Gasteiger partial charge is 0.138 e. The first-order valence-electron chi connectivity index (χ1n) is 6.74. The van der Waals surface area contributed by atoms with Crippen molar-refractivity contribution in [3.8, 4) is 0 Å². The number of anilines is 3. The van der Waals surface area contributed by atoms with E-state index in [2.05, 4.69) is 10.3 Å². The number of aromatic nitrogens is 1. The van der Waals surface area contributed by atoms with Crippen LogP contribution in [0.2, 0.25) is 5.02 Å². The molecular formula is C17H16ClN3. The van der Waals surface area contributed by atoms with E-state index in [1.807, 2.05) is 56.3 Å². The van der Waals surface area contributed by atoms with E-state index in [0.717, 1.165) is 44.2 Å².